The number of non-ortho nitro benzene ring substituents is 1. The molecule has 3 rings (SSSR count). The number of nitro benzene ring substituents is 1. The summed E-state index contributed by atoms with van der Waals surface area (Å²) in [6.07, 6.45) is 2.46. The van der Waals surface area contributed by atoms with Gasteiger partial charge in [0.25, 0.3) is 11.6 Å². The molecule has 0 bridgehead atoms. The van der Waals surface area contributed by atoms with Gasteiger partial charge in [-0.1, -0.05) is 12.1 Å². The van der Waals surface area contributed by atoms with Gasteiger partial charge in [-0.05, 0) is 24.8 Å². The summed E-state index contributed by atoms with van der Waals surface area (Å²) in [7, 11) is 0. The van der Waals surface area contributed by atoms with Crippen molar-refractivity contribution in [3.8, 4) is 0 Å². The number of carbonyl (C=O) groups excluding carboxylic acids is 1. The average molecular weight is 333 g/mol. The van der Waals surface area contributed by atoms with E-state index in [1.54, 1.807) is 12.1 Å². The Morgan fingerprint density at radius 2 is 1.92 bits per heavy atom. The number of rotatable bonds is 5. The molecule has 7 heteroatoms. The van der Waals surface area contributed by atoms with E-state index in [0.717, 1.165) is 57.5 Å². The summed E-state index contributed by atoms with van der Waals surface area (Å²) in [5.41, 5.74) is 1.22. The molecule has 1 amide bonds. The van der Waals surface area contributed by atoms with Gasteiger partial charge in [0.2, 0.25) is 0 Å². The van der Waals surface area contributed by atoms with Crippen molar-refractivity contribution in [1.29, 1.82) is 0 Å². The molecule has 0 radical (unpaired) electrons. The SMILES string of the molecule is O=C([C@@H]1CCCO1)N1CCN(CCc2ccc([N+](=O)[O-])cc2)CC1. The molecule has 0 aromatic heterocycles. The van der Waals surface area contributed by atoms with Gasteiger partial charge in [-0.3, -0.25) is 19.8 Å². The van der Waals surface area contributed by atoms with E-state index in [4.69, 9.17) is 4.74 Å². The number of hydrogen-bond acceptors (Lipinski definition) is 5. The highest BCUT2D eigenvalue weighted by Gasteiger charge is 2.30. The van der Waals surface area contributed by atoms with Gasteiger partial charge < -0.3 is 9.64 Å². The third-order valence-corrected chi connectivity index (χ3v) is 4.75. The van der Waals surface area contributed by atoms with Crippen molar-refractivity contribution in [1.82, 2.24) is 9.80 Å². The molecule has 2 saturated heterocycles. The van der Waals surface area contributed by atoms with Crippen LogP contribution in [0.1, 0.15) is 18.4 Å². The van der Waals surface area contributed by atoms with Crippen molar-refractivity contribution in [3.05, 3.63) is 39.9 Å². The van der Waals surface area contributed by atoms with Crippen LogP contribution in [0, 0.1) is 10.1 Å². The number of benzene rings is 1. The lowest BCUT2D eigenvalue weighted by Gasteiger charge is -2.35. The van der Waals surface area contributed by atoms with Gasteiger partial charge in [0, 0.05) is 51.5 Å². The first-order valence-electron chi connectivity index (χ1n) is 8.49. The minimum atomic E-state index is -0.381. The highest BCUT2D eigenvalue weighted by molar-refractivity contribution is 5.81. The van der Waals surface area contributed by atoms with Crippen molar-refractivity contribution < 1.29 is 14.5 Å². The van der Waals surface area contributed by atoms with Crippen LogP contribution in [0.4, 0.5) is 5.69 Å². The van der Waals surface area contributed by atoms with Crippen LogP contribution in [-0.2, 0) is 16.0 Å². The Kier molecular flexibility index (Phi) is 5.42. The molecule has 2 aliphatic heterocycles. The zero-order chi connectivity index (χ0) is 16.9. The van der Waals surface area contributed by atoms with Crippen LogP contribution >= 0.6 is 0 Å². The number of hydrogen-bond donors (Lipinski definition) is 0. The van der Waals surface area contributed by atoms with Crippen molar-refractivity contribution in [2.75, 3.05) is 39.3 Å². The van der Waals surface area contributed by atoms with Gasteiger partial charge in [-0.2, -0.15) is 0 Å². The number of ether oxygens (including phenoxy) is 1. The maximum Gasteiger partial charge on any atom is 0.269 e. The molecule has 0 aliphatic carbocycles. The second-order valence-electron chi connectivity index (χ2n) is 6.34. The summed E-state index contributed by atoms with van der Waals surface area (Å²) in [5, 5.41) is 10.7. The summed E-state index contributed by atoms with van der Waals surface area (Å²) in [5.74, 6) is 0.141. The third-order valence-electron chi connectivity index (χ3n) is 4.75. The Hall–Kier alpha value is -1.99. The fourth-order valence-corrected chi connectivity index (χ4v) is 3.24. The lowest BCUT2D eigenvalue weighted by molar-refractivity contribution is -0.384. The summed E-state index contributed by atoms with van der Waals surface area (Å²) in [6.45, 7) is 4.83. The Labute approximate surface area is 141 Å². The van der Waals surface area contributed by atoms with E-state index >= 15 is 0 Å². The topological polar surface area (TPSA) is 75.9 Å². The highest BCUT2D eigenvalue weighted by atomic mass is 16.6. The van der Waals surface area contributed by atoms with E-state index in [9.17, 15) is 14.9 Å². The molecule has 1 aromatic rings. The molecule has 24 heavy (non-hydrogen) atoms. The zero-order valence-electron chi connectivity index (χ0n) is 13.7. The van der Waals surface area contributed by atoms with Crippen LogP contribution < -0.4 is 0 Å². The molecule has 7 nitrogen and oxygen atoms in total. The monoisotopic (exact) mass is 333 g/mol. The minimum Gasteiger partial charge on any atom is -0.368 e. The highest BCUT2D eigenvalue weighted by Crippen LogP contribution is 2.16. The van der Waals surface area contributed by atoms with Crippen molar-refractivity contribution >= 4 is 11.6 Å². The lowest BCUT2D eigenvalue weighted by Crippen LogP contribution is -2.51. The molecule has 1 atom stereocenters. The second-order valence-corrected chi connectivity index (χ2v) is 6.34. The Morgan fingerprint density at radius 3 is 2.50 bits per heavy atom. The number of carbonyl (C=O) groups is 1. The third kappa shape index (κ3) is 4.10. The summed E-state index contributed by atoms with van der Waals surface area (Å²) < 4.78 is 5.47. The van der Waals surface area contributed by atoms with Gasteiger partial charge >= 0.3 is 0 Å². The Morgan fingerprint density at radius 1 is 1.21 bits per heavy atom. The van der Waals surface area contributed by atoms with Crippen LogP contribution in [0.25, 0.3) is 0 Å². The molecule has 130 valence electrons. The van der Waals surface area contributed by atoms with E-state index in [1.165, 1.54) is 0 Å². The van der Waals surface area contributed by atoms with Crippen LogP contribution in [0.3, 0.4) is 0 Å². The summed E-state index contributed by atoms with van der Waals surface area (Å²) >= 11 is 0. The maximum atomic E-state index is 12.3. The Bertz CT molecular complexity index is 576. The van der Waals surface area contributed by atoms with Crippen molar-refractivity contribution in [2.45, 2.75) is 25.4 Å². The van der Waals surface area contributed by atoms with Crippen molar-refractivity contribution in [3.63, 3.8) is 0 Å². The van der Waals surface area contributed by atoms with Gasteiger partial charge in [-0.25, -0.2) is 0 Å². The molecule has 1 aromatic carbocycles. The molecular weight excluding hydrogens is 310 g/mol. The van der Waals surface area contributed by atoms with Gasteiger partial charge in [0.15, 0.2) is 0 Å². The molecule has 0 unspecified atom stereocenters. The van der Waals surface area contributed by atoms with Gasteiger partial charge in [-0.15, -0.1) is 0 Å². The normalized spacial score (nSPS) is 21.8. The number of nitrogens with zero attached hydrogens (tertiary/aromatic N) is 3. The maximum absolute atomic E-state index is 12.3. The second kappa shape index (κ2) is 7.72. The summed E-state index contributed by atoms with van der Waals surface area (Å²) in [4.78, 5) is 26.8. The van der Waals surface area contributed by atoms with E-state index in [1.807, 2.05) is 17.0 Å². The first kappa shape index (κ1) is 16.9. The number of nitro groups is 1. The minimum absolute atomic E-state index is 0.125. The zero-order valence-corrected chi connectivity index (χ0v) is 13.7. The largest absolute Gasteiger partial charge is 0.368 e. The predicted molar refractivity (Wildman–Crippen MR) is 88.8 cm³/mol. The van der Waals surface area contributed by atoms with Crippen molar-refractivity contribution in [2.24, 2.45) is 0 Å². The first-order chi connectivity index (χ1) is 11.6. The van der Waals surface area contributed by atoms with E-state index in [0.29, 0.717) is 6.61 Å². The van der Waals surface area contributed by atoms with Crippen LogP contribution in [0.15, 0.2) is 24.3 Å². The number of amides is 1. The van der Waals surface area contributed by atoms with Crippen LogP contribution in [0.2, 0.25) is 0 Å². The summed E-state index contributed by atoms with van der Waals surface area (Å²) in [6, 6.07) is 6.73. The quantitative estimate of drug-likeness (QED) is 0.602. The number of piperazine rings is 1. The standard InChI is InChI=1S/C17H23N3O4/c21-17(16-2-1-13-24-16)19-11-9-18(10-12-19)8-7-14-3-5-15(6-4-14)20(22)23/h3-6,16H,1-2,7-13H2/t16-/m0/s1. The molecule has 0 spiro atoms. The molecule has 2 heterocycles. The van der Waals surface area contributed by atoms with Gasteiger partial charge in [0.05, 0.1) is 4.92 Å². The van der Waals surface area contributed by atoms with Gasteiger partial charge in [0.1, 0.15) is 6.10 Å². The fourth-order valence-electron chi connectivity index (χ4n) is 3.24. The lowest BCUT2D eigenvalue weighted by atomic mass is 10.1. The van der Waals surface area contributed by atoms with Crippen LogP contribution in [0.5, 0.6) is 0 Å². The Balaban J connectivity index is 1.42. The van der Waals surface area contributed by atoms with E-state index in [-0.39, 0.29) is 22.6 Å². The molecule has 2 aliphatic rings. The average Bonchev–Trinajstić information content (AvgIpc) is 3.15. The fraction of sp³-hybridized carbons (Fsp3) is 0.588. The molecular formula is C17H23N3O4. The smallest absolute Gasteiger partial charge is 0.269 e. The predicted octanol–water partition coefficient (Wildman–Crippen LogP) is 1.46. The van der Waals surface area contributed by atoms with Crippen LogP contribution in [-0.4, -0.2) is 66.1 Å². The van der Waals surface area contributed by atoms with E-state index < -0.39 is 0 Å². The van der Waals surface area contributed by atoms with E-state index in [2.05, 4.69) is 4.90 Å². The molecule has 0 saturated carbocycles. The molecule has 0 N–H and O–H groups in total. The first-order valence-corrected chi connectivity index (χ1v) is 8.49. The molecule has 2 fully saturated rings.